The summed E-state index contributed by atoms with van der Waals surface area (Å²) in [5, 5.41) is 12.5. The SMILES string of the molecule is CSCCC(NC(=O)c1ccnc2ccccc12)C(=O)O. The molecular weight excluding hydrogens is 288 g/mol. The Morgan fingerprint density at radius 2 is 2.10 bits per heavy atom. The van der Waals surface area contributed by atoms with Crippen LogP contribution in [0.1, 0.15) is 16.8 Å². The van der Waals surface area contributed by atoms with E-state index in [-0.39, 0.29) is 5.91 Å². The lowest BCUT2D eigenvalue weighted by Gasteiger charge is -2.14. The third kappa shape index (κ3) is 3.72. The molecule has 0 saturated heterocycles. The molecule has 1 heterocycles. The van der Waals surface area contributed by atoms with Crippen molar-refractivity contribution in [2.75, 3.05) is 12.0 Å². The molecule has 0 saturated carbocycles. The number of aromatic nitrogens is 1. The van der Waals surface area contributed by atoms with Crippen LogP contribution < -0.4 is 5.32 Å². The van der Waals surface area contributed by atoms with Crippen LogP contribution in [-0.4, -0.2) is 40.0 Å². The summed E-state index contributed by atoms with van der Waals surface area (Å²) in [5.74, 6) is -0.730. The second-order valence-electron chi connectivity index (χ2n) is 4.52. The highest BCUT2D eigenvalue weighted by atomic mass is 32.2. The Morgan fingerprint density at radius 3 is 2.81 bits per heavy atom. The smallest absolute Gasteiger partial charge is 0.326 e. The number of para-hydroxylation sites is 1. The van der Waals surface area contributed by atoms with Gasteiger partial charge in [-0.1, -0.05) is 18.2 Å². The zero-order valence-electron chi connectivity index (χ0n) is 11.6. The van der Waals surface area contributed by atoms with E-state index in [1.807, 2.05) is 24.5 Å². The molecule has 0 fully saturated rings. The molecule has 1 atom stereocenters. The van der Waals surface area contributed by atoms with Gasteiger partial charge in [0.1, 0.15) is 6.04 Å². The number of hydrogen-bond donors (Lipinski definition) is 2. The number of thioether (sulfide) groups is 1. The van der Waals surface area contributed by atoms with Crippen molar-refractivity contribution in [2.24, 2.45) is 0 Å². The Balaban J connectivity index is 2.23. The minimum absolute atomic E-state index is 0.387. The van der Waals surface area contributed by atoms with Crippen molar-refractivity contribution in [2.45, 2.75) is 12.5 Å². The minimum Gasteiger partial charge on any atom is -0.480 e. The molecular formula is C15H16N2O3S. The van der Waals surface area contributed by atoms with Crippen molar-refractivity contribution in [3.63, 3.8) is 0 Å². The van der Waals surface area contributed by atoms with E-state index in [1.165, 1.54) is 0 Å². The maximum Gasteiger partial charge on any atom is 0.326 e. The van der Waals surface area contributed by atoms with Gasteiger partial charge in [0, 0.05) is 11.6 Å². The fraction of sp³-hybridized carbons (Fsp3) is 0.267. The van der Waals surface area contributed by atoms with Crippen LogP contribution in [0.15, 0.2) is 36.5 Å². The normalized spacial score (nSPS) is 12.0. The van der Waals surface area contributed by atoms with Gasteiger partial charge < -0.3 is 10.4 Å². The first-order valence-electron chi connectivity index (χ1n) is 6.50. The summed E-state index contributed by atoms with van der Waals surface area (Å²) in [6.45, 7) is 0. The number of aliphatic carboxylic acids is 1. The number of carbonyl (C=O) groups is 2. The highest BCUT2D eigenvalue weighted by molar-refractivity contribution is 7.98. The third-order valence-electron chi connectivity index (χ3n) is 3.11. The molecule has 0 aliphatic carbocycles. The number of hydrogen-bond acceptors (Lipinski definition) is 4. The fourth-order valence-electron chi connectivity index (χ4n) is 2.02. The summed E-state index contributed by atoms with van der Waals surface area (Å²) in [4.78, 5) is 27.7. The number of fused-ring (bicyclic) bond motifs is 1. The number of carboxylic acid groups (broad SMARTS) is 1. The molecule has 2 N–H and O–H groups in total. The van der Waals surface area contributed by atoms with Crippen molar-refractivity contribution in [3.05, 3.63) is 42.1 Å². The molecule has 1 unspecified atom stereocenters. The van der Waals surface area contributed by atoms with Crippen LogP contribution in [0.5, 0.6) is 0 Å². The predicted molar refractivity (Wildman–Crippen MR) is 83.6 cm³/mol. The lowest BCUT2D eigenvalue weighted by molar-refractivity contribution is -0.139. The van der Waals surface area contributed by atoms with Crippen LogP contribution in [0, 0.1) is 0 Å². The summed E-state index contributed by atoms with van der Waals surface area (Å²) < 4.78 is 0. The van der Waals surface area contributed by atoms with Crippen LogP contribution in [0.25, 0.3) is 10.9 Å². The molecule has 2 rings (SSSR count). The van der Waals surface area contributed by atoms with E-state index in [0.29, 0.717) is 28.6 Å². The van der Waals surface area contributed by atoms with Crippen LogP contribution in [0.2, 0.25) is 0 Å². The quantitative estimate of drug-likeness (QED) is 0.855. The van der Waals surface area contributed by atoms with Crippen molar-refractivity contribution >= 4 is 34.5 Å². The Bertz CT molecular complexity index is 655. The number of amides is 1. The van der Waals surface area contributed by atoms with E-state index in [2.05, 4.69) is 10.3 Å². The Morgan fingerprint density at radius 1 is 1.33 bits per heavy atom. The monoisotopic (exact) mass is 304 g/mol. The first kappa shape index (κ1) is 15.3. The Hall–Kier alpha value is -2.08. The van der Waals surface area contributed by atoms with E-state index in [4.69, 9.17) is 0 Å². The number of nitrogens with one attached hydrogen (secondary N) is 1. The standard InChI is InChI=1S/C15H16N2O3S/c1-21-9-7-13(15(19)20)17-14(18)11-6-8-16-12-5-3-2-4-10(11)12/h2-6,8,13H,7,9H2,1H3,(H,17,18)(H,19,20). The molecule has 0 spiro atoms. The van der Waals surface area contributed by atoms with E-state index in [9.17, 15) is 14.7 Å². The molecule has 0 bridgehead atoms. The highest BCUT2D eigenvalue weighted by Gasteiger charge is 2.21. The summed E-state index contributed by atoms with van der Waals surface area (Å²) in [6, 6.07) is 8.00. The van der Waals surface area contributed by atoms with Gasteiger partial charge in [-0.3, -0.25) is 9.78 Å². The molecule has 110 valence electrons. The first-order chi connectivity index (χ1) is 10.1. The number of carbonyl (C=O) groups excluding carboxylic acids is 1. The molecule has 5 nitrogen and oxygen atoms in total. The zero-order chi connectivity index (χ0) is 15.2. The van der Waals surface area contributed by atoms with Gasteiger partial charge in [0.15, 0.2) is 0 Å². The van der Waals surface area contributed by atoms with E-state index in [0.717, 1.165) is 0 Å². The van der Waals surface area contributed by atoms with Gasteiger partial charge in [-0.25, -0.2) is 4.79 Å². The summed E-state index contributed by atoms with van der Waals surface area (Å²) in [7, 11) is 0. The molecule has 1 aromatic heterocycles. The average Bonchev–Trinajstić information content (AvgIpc) is 2.50. The van der Waals surface area contributed by atoms with Crippen LogP contribution in [0.3, 0.4) is 0 Å². The number of nitrogens with zero attached hydrogens (tertiary/aromatic N) is 1. The summed E-state index contributed by atoms with van der Waals surface area (Å²) in [6.07, 6.45) is 3.84. The second-order valence-corrected chi connectivity index (χ2v) is 5.51. The Labute approximate surface area is 126 Å². The van der Waals surface area contributed by atoms with Crippen molar-refractivity contribution in [1.82, 2.24) is 10.3 Å². The summed E-state index contributed by atoms with van der Waals surface area (Å²) in [5.41, 5.74) is 1.15. The molecule has 1 amide bonds. The van der Waals surface area contributed by atoms with Gasteiger partial charge in [-0.2, -0.15) is 11.8 Å². The van der Waals surface area contributed by atoms with Gasteiger partial charge in [0.25, 0.3) is 5.91 Å². The van der Waals surface area contributed by atoms with Gasteiger partial charge in [-0.05, 0) is 30.6 Å². The topological polar surface area (TPSA) is 79.3 Å². The second kappa shape index (κ2) is 7.08. The van der Waals surface area contributed by atoms with E-state index in [1.54, 1.807) is 30.1 Å². The van der Waals surface area contributed by atoms with Gasteiger partial charge in [-0.15, -0.1) is 0 Å². The molecule has 1 aromatic carbocycles. The molecule has 6 heteroatoms. The maximum absolute atomic E-state index is 12.3. The zero-order valence-corrected chi connectivity index (χ0v) is 12.4. The first-order valence-corrected chi connectivity index (χ1v) is 7.89. The molecule has 0 aliphatic heterocycles. The van der Waals surface area contributed by atoms with Crippen LogP contribution in [-0.2, 0) is 4.79 Å². The van der Waals surface area contributed by atoms with Crippen LogP contribution in [0.4, 0.5) is 0 Å². The average molecular weight is 304 g/mol. The maximum atomic E-state index is 12.3. The molecule has 0 radical (unpaired) electrons. The predicted octanol–water partition coefficient (Wildman–Crippen LogP) is 2.17. The van der Waals surface area contributed by atoms with Crippen molar-refractivity contribution in [3.8, 4) is 0 Å². The van der Waals surface area contributed by atoms with Crippen molar-refractivity contribution in [1.29, 1.82) is 0 Å². The molecule has 21 heavy (non-hydrogen) atoms. The number of pyridine rings is 1. The molecule has 2 aromatic rings. The Kier molecular flexibility index (Phi) is 5.16. The minimum atomic E-state index is -1.02. The van der Waals surface area contributed by atoms with Crippen molar-refractivity contribution < 1.29 is 14.7 Å². The third-order valence-corrected chi connectivity index (χ3v) is 3.75. The summed E-state index contributed by atoms with van der Waals surface area (Å²) >= 11 is 1.55. The lowest BCUT2D eigenvalue weighted by atomic mass is 10.1. The number of carboxylic acids is 1. The largest absolute Gasteiger partial charge is 0.480 e. The number of benzene rings is 1. The molecule has 0 aliphatic rings. The van der Waals surface area contributed by atoms with E-state index < -0.39 is 12.0 Å². The van der Waals surface area contributed by atoms with Crippen LogP contribution >= 0.6 is 11.8 Å². The van der Waals surface area contributed by atoms with Gasteiger partial charge in [0.05, 0.1) is 11.1 Å². The fourth-order valence-corrected chi connectivity index (χ4v) is 2.49. The van der Waals surface area contributed by atoms with Gasteiger partial charge >= 0.3 is 5.97 Å². The van der Waals surface area contributed by atoms with E-state index >= 15 is 0 Å². The van der Waals surface area contributed by atoms with Gasteiger partial charge in [0.2, 0.25) is 0 Å². The lowest BCUT2D eigenvalue weighted by Crippen LogP contribution is -2.41. The highest BCUT2D eigenvalue weighted by Crippen LogP contribution is 2.16. The number of rotatable bonds is 6.